The van der Waals surface area contributed by atoms with Crippen LogP contribution in [0.25, 0.3) is 12.2 Å². The van der Waals surface area contributed by atoms with E-state index in [1.165, 1.54) is 0 Å². The molecule has 0 fully saturated rings. The van der Waals surface area contributed by atoms with Crippen molar-refractivity contribution in [3.8, 4) is 0 Å². The smallest absolute Gasteiger partial charge is 0.346 e. The van der Waals surface area contributed by atoms with Crippen molar-refractivity contribution in [3.63, 3.8) is 0 Å². The zero-order chi connectivity index (χ0) is 41.8. The number of carbonyl (C=O) groups excluding carboxylic acids is 1. The maximum Gasteiger partial charge on any atom is 0.454 e. The zero-order valence-electron chi connectivity index (χ0n) is 29.9. The van der Waals surface area contributed by atoms with Gasteiger partial charge in [-0.1, -0.05) is 134 Å². The first-order valence-corrected chi connectivity index (χ1v) is 15.9. The largest absolute Gasteiger partial charge is 0.454 e. The van der Waals surface area contributed by atoms with Crippen molar-refractivity contribution in [2.45, 2.75) is 81.2 Å². The normalized spacial score (nSPS) is 10.5. The molecule has 18 heteroatoms. The van der Waals surface area contributed by atoms with Crippen LogP contribution < -0.4 is 0 Å². The fourth-order valence-electron chi connectivity index (χ4n) is 3.53. The molecule has 3 aromatic rings. The van der Waals surface area contributed by atoms with E-state index in [2.05, 4.69) is 37.1 Å². The molecule has 0 saturated heterocycles. The molecule has 0 unspecified atom stereocenters. The Morgan fingerprint density at radius 1 is 0.610 bits per heavy atom. The fraction of sp³-hybridized carbons (Fsp3) is 0.439. The van der Waals surface area contributed by atoms with Gasteiger partial charge in [-0.25, -0.2) is 17.6 Å². The third-order valence-electron chi connectivity index (χ3n) is 6.21. The Balaban J connectivity index is -0.000000216. The molecule has 0 atom stereocenters. The summed E-state index contributed by atoms with van der Waals surface area (Å²) in [5, 5.41) is 0. The van der Waals surface area contributed by atoms with Gasteiger partial charge in [0.1, 0.15) is 0 Å². The van der Waals surface area contributed by atoms with Crippen LogP contribution in [-0.4, -0.2) is 70.9 Å². The SMILES string of the molecule is C.C.C.C.C=Cc1ccc(COCF)cc1.C=Cc1ccc(COCF)cc1.CCOC(OCC)C(=O)c1ccccc1.FCOOC(F)(F)C(F)(F)C(F)(F)OCF. The molecule has 0 aliphatic rings. The van der Waals surface area contributed by atoms with E-state index < -0.39 is 51.9 Å². The maximum atomic E-state index is 12.4. The van der Waals surface area contributed by atoms with Crippen molar-refractivity contribution in [1.82, 2.24) is 0 Å². The number of carbonyl (C=O) groups is 1. The summed E-state index contributed by atoms with van der Waals surface area (Å²) in [4.78, 5) is 17.1. The van der Waals surface area contributed by atoms with Crippen LogP contribution >= 0.6 is 0 Å². The Labute approximate surface area is 341 Å². The summed E-state index contributed by atoms with van der Waals surface area (Å²) in [6, 6.07) is 24.3. The summed E-state index contributed by atoms with van der Waals surface area (Å²) >= 11 is 0. The molecule has 3 aromatic carbocycles. The van der Waals surface area contributed by atoms with Gasteiger partial charge in [-0.3, -0.25) is 9.53 Å². The van der Waals surface area contributed by atoms with Crippen LogP contribution in [-0.2, 0) is 46.7 Å². The minimum atomic E-state index is -6.25. The van der Waals surface area contributed by atoms with Crippen LogP contribution in [0.2, 0.25) is 0 Å². The first-order chi connectivity index (χ1) is 26.1. The van der Waals surface area contributed by atoms with Crippen molar-refractivity contribution < 1.29 is 82.2 Å². The monoisotopic (exact) mass is 868 g/mol. The van der Waals surface area contributed by atoms with Gasteiger partial charge in [-0.2, -0.15) is 36.1 Å². The zero-order valence-corrected chi connectivity index (χ0v) is 29.9. The number of benzene rings is 3. The Morgan fingerprint density at radius 2 is 1.02 bits per heavy atom. The number of ether oxygens (including phenoxy) is 5. The van der Waals surface area contributed by atoms with Crippen LogP contribution in [0.5, 0.6) is 0 Å². The molecular weight excluding hydrogens is 810 g/mol. The standard InChI is InChI=1S/C12H16O3.2C10H11FO.C5H4F8O3.4CH4/c1-3-14-12(15-4-2)11(13)10-8-6-5-7-9-10;2*1-2-9-3-5-10(6-4-9)7-12-8-11;6-1-14-4(10,11)3(8,9)5(12,13)16-15-2-7;;;;/h5-9,12H,3-4H2,1-2H3;2*2-6H,1,7-8H2;1-2H2;4*1H4. The second-order valence-electron chi connectivity index (χ2n) is 9.95. The van der Waals surface area contributed by atoms with Crippen molar-refractivity contribution in [2.24, 2.45) is 0 Å². The third kappa shape index (κ3) is 24.5. The molecule has 0 aliphatic heterocycles. The van der Waals surface area contributed by atoms with Gasteiger partial charge in [-0.15, -0.1) is 0 Å². The fourth-order valence-corrected chi connectivity index (χ4v) is 3.53. The van der Waals surface area contributed by atoms with Gasteiger partial charge in [0.05, 0.1) is 13.2 Å². The van der Waals surface area contributed by atoms with E-state index in [-0.39, 0.29) is 35.5 Å². The van der Waals surface area contributed by atoms with Crippen LogP contribution in [0.4, 0.5) is 43.9 Å². The summed E-state index contributed by atoms with van der Waals surface area (Å²) in [7, 11) is 0. The molecular formula is C41H58F10O8. The molecule has 0 aromatic heterocycles. The second-order valence-corrected chi connectivity index (χ2v) is 9.95. The Kier molecular flexibility index (Phi) is 38.8. The van der Waals surface area contributed by atoms with Gasteiger partial charge >= 0.3 is 18.1 Å². The summed E-state index contributed by atoms with van der Waals surface area (Å²) in [6.45, 7) is 6.53. The lowest BCUT2D eigenvalue weighted by molar-refractivity contribution is -0.530. The predicted octanol–water partition coefficient (Wildman–Crippen LogP) is 13.0. The van der Waals surface area contributed by atoms with Crippen LogP contribution in [0.3, 0.4) is 0 Å². The average Bonchev–Trinajstić information content (AvgIpc) is 3.19. The second kappa shape index (κ2) is 35.7. The molecule has 0 aliphatic carbocycles. The van der Waals surface area contributed by atoms with Gasteiger partial charge in [0.25, 0.3) is 0 Å². The number of hydrogen-bond acceptors (Lipinski definition) is 8. The topological polar surface area (TPSA) is 81.7 Å². The molecule has 0 radical (unpaired) electrons. The number of ketones is 1. The Morgan fingerprint density at radius 3 is 1.34 bits per heavy atom. The lowest BCUT2D eigenvalue weighted by Gasteiger charge is -2.29. The van der Waals surface area contributed by atoms with Gasteiger partial charge in [0, 0.05) is 18.8 Å². The van der Waals surface area contributed by atoms with Crippen molar-refractivity contribution in [1.29, 1.82) is 0 Å². The molecule has 0 N–H and O–H groups in total. The van der Waals surface area contributed by atoms with Gasteiger partial charge in [-0.05, 0) is 36.1 Å². The van der Waals surface area contributed by atoms with E-state index in [0.717, 1.165) is 22.3 Å². The summed E-state index contributed by atoms with van der Waals surface area (Å²) in [5.74, 6) is -6.37. The highest BCUT2D eigenvalue weighted by Gasteiger charge is 2.75. The van der Waals surface area contributed by atoms with E-state index in [0.29, 0.717) is 32.0 Å². The summed E-state index contributed by atoms with van der Waals surface area (Å²) < 4.78 is 141. The average molecular weight is 869 g/mol. The molecule has 59 heavy (non-hydrogen) atoms. The van der Waals surface area contributed by atoms with Gasteiger partial charge < -0.3 is 18.9 Å². The predicted molar refractivity (Wildman–Crippen MR) is 209 cm³/mol. The first kappa shape index (κ1) is 64.0. The number of Topliss-reactive ketones (excluding diaryl/α,β-unsaturated/α-hetero) is 1. The molecule has 0 bridgehead atoms. The maximum absolute atomic E-state index is 12.4. The molecule has 3 rings (SSSR count). The minimum absolute atomic E-state index is 0. The third-order valence-corrected chi connectivity index (χ3v) is 6.21. The van der Waals surface area contributed by atoms with Crippen molar-refractivity contribution in [3.05, 3.63) is 120 Å². The van der Waals surface area contributed by atoms with Gasteiger partial charge in [0.15, 0.2) is 20.6 Å². The van der Waals surface area contributed by atoms with E-state index >= 15 is 0 Å². The summed E-state index contributed by atoms with van der Waals surface area (Å²) in [6.07, 6.45) is -9.01. The number of alkyl halides is 10. The summed E-state index contributed by atoms with van der Waals surface area (Å²) in [5.41, 5.74) is 4.67. The molecule has 0 saturated carbocycles. The van der Waals surface area contributed by atoms with E-state index in [1.807, 2.05) is 80.6 Å². The van der Waals surface area contributed by atoms with Crippen molar-refractivity contribution in [2.75, 3.05) is 40.7 Å². The molecule has 340 valence electrons. The highest BCUT2D eigenvalue weighted by molar-refractivity contribution is 5.98. The number of rotatable bonds is 21. The number of hydrogen-bond donors (Lipinski definition) is 0. The quantitative estimate of drug-likeness (QED) is 0.0344. The Hall–Kier alpha value is -4.17. The van der Waals surface area contributed by atoms with E-state index in [9.17, 15) is 48.7 Å². The van der Waals surface area contributed by atoms with E-state index in [1.54, 1.807) is 24.3 Å². The molecule has 0 heterocycles. The van der Waals surface area contributed by atoms with Gasteiger partial charge in [0.2, 0.25) is 18.9 Å². The Bertz CT molecular complexity index is 1390. The van der Waals surface area contributed by atoms with Crippen LogP contribution in [0.1, 0.15) is 76.2 Å². The lowest BCUT2D eigenvalue weighted by Crippen LogP contribution is -2.56. The lowest BCUT2D eigenvalue weighted by atomic mass is 10.1. The minimum Gasteiger partial charge on any atom is -0.346 e. The van der Waals surface area contributed by atoms with Crippen LogP contribution in [0.15, 0.2) is 92.0 Å². The number of halogens is 10. The molecule has 0 spiro atoms. The molecule has 0 amide bonds. The van der Waals surface area contributed by atoms with E-state index in [4.69, 9.17) is 9.47 Å². The highest BCUT2D eigenvalue weighted by atomic mass is 19.4. The first-order valence-electron chi connectivity index (χ1n) is 15.9. The van der Waals surface area contributed by atoms with Crippen LogP contribution in [0, 0.1) is 0 Å². The highest BCUT2D eigenvalue weighted by Crippen LogP contribution is 2.47. The van der Waals surface area contributed by atoms with Crippen molar-refractivity contribution >= 4 is 17.9 Å². The molecule has 8 nitrogen and oxygen atoms in total.